The molecule has 3 aromatic rings. The molecule has 0 atom stereocenters. The topological polar surface area (TPSA) is 142 Å². The van der Waals surface area contributed by atoms with Crippen molar-refractivity contribution in [3.8, 4) is 5.75 Å². The van der Waals surface area contributed by atoms with Gasteiger partial charge in [0.05, 0.1) is 11.7 Å². The van der Waals surface area contributed by atoms with Gasteiger partial charge in [0.25, 0.3) is 10.1 Å². The Labute approximate surface area is 197 Å². The average molecular weight is 472 g/mol. The van der Waals surface area contributed by atoms with Crippen LogP contribution in [0.2, 0.25) is 0 Å². The van der Waals surface area contributed by atoms with Crippen molar-refractivity contribution in [3.05, 3.63) is 59.7 Å². The number of aryl methyl sites for hydroxylation is 1. The van der Waals surface area contributed by atoms with Gasteiger partial charge in [0.15, 0.2) is 0 Å². The third-order valence-electron chi connectivity index (χ3n) is 3.85. The summed E-state index contributed by atoms with van der Waals surface area (Å²) in [6, 6.07) is 11.7. The molecule has 0 aromatic heterocycles. The van der Waals surface area contributed by atoms with Gasteiger partial charge in [0.2, 0.25) is 0 Å². The molecular formula is C18H12N2O6SSr. The summed E-state index contributed by atoms with van der Waals surface area (Å²) in [6.45, 7) is 1.63. The van der Waals surface area contributed by atoms with E-state index in [2.05, 4.69) is 10.2 Å². The van der Waals surface area contributed by atoms with Crippen molar-refractivity contribution in [2.75, 3.05) is 0 Å². The molecule has 0 unspecified atom stereocenters. The van der Waals surface area contributed by atoms with E-state index in [1.807, 2.05) is 0 Å². The second kappa shape index (κ2) is 8.68. The van der Waals surface area contributed by atoms with Crippen LogP contribution in [0.25, 0.3) is 10.8 Å². The fourth-order valence-corrected chi connectivity index (χ4v) is 3.28. The van der Waals surface area contributed by atoms with Crippen LogP contribution in [0.4, 0.5) is 11.4 Å². The summed E-state index contributed by atoms with van der Waals surface area (Å²) in [7, 11) is -4.57. The van der Waals surface area contributed by atoms with Crippen molar-refractivity contribution >= 4 is 83.7 Å². The Morgan fingerprint density at radius 3 is 2.39 bits per heavy atom. The first-order chi connectivity index (χ1) is 12.7. The Balaban J connectivity index is 0.00000280. The van der Waals surface area contributed by atoms with E-state index in [-0.39, 0.29) is 56.9 Å². The molecule has 0 radical (unpaired) electrons. The van der Waals surface area contributed by atoms with Crippen LogP contribution < -0.4 is 10.2 Å². The first-order valence-electron chi connectivity index (χ1n) is 7.62. The monoisotopic (exact) mass is 472 g/mol. The zero-order chi connectivity index (χ0) is 19.8. The molecule has 0 amide bonds. The normalized spacial score (nSPS) is 11.5. The van der Waals surface area contributed by atoms with Gasteiger partial charge in [-0.05, 0) is 41.6 Å². The van der Waals surface area contributed by atoms with Crippen LogP contribution >= 0.6 is 0 Å². The van der Waals surface area contributed by atoms with E-state index in [4.69, 9.17) is 0 Å². The quantitative estimate of drug-likeness (QED) is 0.349. The summed E-state index contributed by atoms with van der Waals surface area (Å²) in [5.41, 5.74) is -0.475. The number of azo groups is 1. The van der Waals surface area contributed by atoms with Crippen LogP contribution in [0.1, 0.15) is 15.9 Å². The second-order valence-electron chi connectivity index (χ2n) is 5.76. The summed E-state index contributed by atoms with van der Waals surface area (Å²) in [6.07, 6.45) is 0. The Morgan fingerprint density at radius 1 is 1.07 bits per heavy atom. The third kappa shape index (κ3) is 4.59. The summed E-state index contributed by atoms with van der Waals surface area (Å²) in [5.74, 6) is -2.56. The van der Waals surface area contributed by atoms with Crippen molar-refractivity contribution in [2.45, 2.75) is 11.8 Å². The number of nitrogens with zero attached hydrogens (tertiary/aromatic N) is 2. The molecule has 0 saturated carbocycles. The summed E-state index contributed by atoms with van der Waals surface area (Å²) < 4.78 is 32.4. The van der Waals surface area contributed by atoms with E-state index in [0.717, 1.165) is 0 Å². The zero-order valence-electron chi connectivity index (χ0n) is 14.6. The smallest absolute Gasteiger partial charge is 0.871 e. The van der Waals surface area contributed by atoms with Crippen molar-refractivity contribution in [1.29, 1.82) is 0 Å². The van der Waals surface area contributed by atoms with E-state index in [1.165, 1.54) is 18.2 Å². The molecule has 0 spiro atoms. The molecule has 3 aromatic carbocycles. The molecule has 28 heavy (non-hydrogen) atoms. The van der Waals surface area contributed by atoms with Crippen LogP contribution in [-0.2, 0) is 10.1 Å². The van der Waals surface area contributed by atoms with Gasteiger partial charge in [0.1, 0.15) is 10.6 Å². The second-order valence-corrected chi connectivity index (χ2v) is 7.15. The van der Waals surface area contributed by atoms with Crippen LogP contribution in [0.15, 0.2) is 63.7 Å². The first-order valence-corrected chi connectivity index (χ1v) is 9.06. The maximum Gasteiger partial charge on any atom is 2.00 e. The fourth-order valence-electron chi connectivity index (χ4n) is 2.57. The van der Waals surface area contributed by atoms with Gasteiger partial charge in [-0.2, -0.15) is 13.5 Å². The Bertz CT molecular complexity index is 1210. The molecule has 0 bridgehead atoms. The van der Waals surface area contributed by atoms with E-state index >= 15 is 0 Å². The molecule has 0 aliphatic rings. The van der Waals surface area contributed by atoms with Crippen LogP contribution in [0.5, 0.6) is 5.75 Å². The van der Waals surface area contributed by atoms with Gasteiger partial charge < -0.3 is 15.0 Å². The number of hydrogen-bond donors (Lipinski definition) is 1. The molecular weight excluding hydrogens is 460 g/mol. The van der Waals surface area contributed by atoms with Gasteiger partial charge in [-0.25, -0.2) is 0 Å². The summed E-state index contributed by atoms with van der Waals surface area (Å²) in [4.78, 5) is 10.7. The predicted molar refractivity (Wildman–Crippen MR) is 98.6 cm³/mol. The van der Waals surface area contributed by atoms with Gasteiger partial charge >= 0.3 is 45.5 Å². The fraction of sp³-hybridized carbons (Fsp3) is 0.0556. The Morgan fingerprint density at radius 2 is 1.75 bits per heavy atom. The average Bonchev–Trinajstić information content (AvgIpc) is 2.60. The molecule has 3 rings (SSSR count). The molecule has 0 aliphatic heterocycles. The third-order valence-corrected chi connectivity index (χ3v) is 4.73. The number of benzene rings is 3. The largest absolute Gasteiger partial charge is 2.00 e. The summed E-state index contributed by atoms with van der Waals surface area (Å²) >= 11 is 0. The van der Waals surface area contributed by atoms with E-state index < -0.39 is 32.3 Å². The number of carboxylic acid groups (broad SMARTS) is 1. The van der Waals surface area contributed by atoms with Crippen LogP contribution in [0, 0.1) is 6.92 Å². The molecule has 0 aliphatic carbocycles. The number of carboxylic acids is 1. The molecule has 10 heteroatoms. The summed E-state index contributed by atoms with van der Waals surface area (Å²) in [5, 5.41) is 32.0. The van der Waals surface area contributed by atoms with Gasteiger partial charge in [-0.3, -0.25) is 4.55 Å². The van der Waals surface area contributed by atoms with Gasteiger partial charge in [0, 0.05) is 5.39 Å². The molecule has 138 valence electrons. The number of hydrogen-bond acceptors (Lipinski definition) is 7. The van der Waals surface area contributed by atoms with Gasteiger partial charge in [-0.15, -0.1) is 5.11 Å². The number of aromatic carboxylic acids is 1. The maximum atomic E-state index is 12.4. The maximum absolute atomic E-state index is 12.4. The number of carbonyl (C=O) groups excluding carboxylic acids is 1. The molecule has 0 heterocycles. The number of fused-ring (bicyclic) bond motifs is 1. The zero-order valence-corrected chi connectivity index (χ0v) is 18.9. The molecule has 0 saturated heterocycles. The number of rotatable bonds is 4. The molecule has 8 nitrogen and oxygen atoms in total. The SMILES string of the molecule is Cc1ccc(N=Nc2c([O-])c(C(=O)[O-])cc3ccccc23)c(S(=O)(=O)O)c1.[Sr+2]. The Hall–Kier alpha value is -1.82. The van der Waals surface area contributed by atoms with Crippen molar-refractivity contribution < 1.29 is 28.0 Å². The van der Waals surface area contributed by atoms with E-state index in [9.17, 15) is 28.0 Å². The Kier molecular flexibility index (Phi) is 6.97. The van der Waals surface area contributed by atoms with Crippen molar-refractivity contribution in [3.63, 3.8) is 0 Å². The molecule has 0 fully saturated rings. The standard InChI is InChI=1S/C18H14N2O6S.Sr/c1-10-6-7-14(15(8-10)27(24,25)26)19-20-16-12-5-3-2-4-11(12)9-13(17(16)21)18(22)23;/h2-9,21H,1H3,(H,22,23)(H,24,25,26);/q;+2/p-2. The van der Waals surface area contributed by atoms with Crippen LogP contribution in [-0.4, -0.2) is 64.4 Å². The van der Waals surface area contributed by atoms with Crippen molar-refractivity contribution in [2.24, 2.45) is 10.2 Å². The van der Waals surface area contributed by atoms with Crippen molar-refractivity contribution in [1.82, 2.24) is 0 Å². The van der Waals surface area contributed by atoms with Crippen LogP contribution in [0.3, 0.4) is 0 Å². The minimum atomic E-state index is -4.57. The van der Waals surface area contributed by atoms with Gasteiger partial charge in [-0.1, -0.05) is 36.1 Å². The van der Waals surface area contributed by atoms with E-state index in [0.29, 0.717) is 16.3 Å². The molecule has 1 N–H and O–H groups in total. The minimum Gasteiger partial charge on any atom is -0.871 e. The first kappa shape index (κ1) is 22.5. The predicted octanol–water partition coefficient (Wildman–Crippen LogP) is 1.87. The minimum absolute atomic E-state index is 0. The van der Waals surface area contributed by atoms with E-state index in [1.54, 1.807) is 37.3 Å². The number of carbonyl (C=O) groups is 1.